The fraction of sp³-hybridized carbons (Fsp3) is 0.864. The van der Waals surface area contributed by atoms with E-state index in [0.29, 0.717) is 35.8 Å². The summed E-state index contributed by atoms with van der Waals surface area (Å²) in [6.07, 6.45) is 4.07. The molecule has 1 unspecified atom stereocenters. The summed E-state index contributed by atoms with van der Waals surface area (Å²) in [4.78, 5) is 14.4. The van der Waals surface area contributed by atoms with E-state index in [0.717, 1.165) is 31.3 Å². The number of hydrogen-bond donors (Lipinski definition) is 2. The van der Waals surface area contributed by atoms with Crippen molar-refractivity contribution in [3.05, 3.63) is 12.2 Å². The molecule has 0 aromatic carbocycles. The molecule has 3 saturated heterocycles. The van der Waals surface area contributed by atoms with E-state index < -0.39 is 17.7 Å². The molecule has 0 aromatic rings. The van der Waals surface area contributed by atoms with Crippen molar-refractivity contribution < 1.29 is 19.7 Å². The Balaban J connectivity index is 1.46. The van der Waals surface area contributed by atoms with E-state index in [2.05, 4.69) is 18.4 Å². The quantitative estimate of drug-likeness (QED) is 0.542. The number of aliphatic hydroxyl groups excluding tert-OH is 2. The van der Waals surface area contributed by atoms with Gasteiger partial charge in [-0.2, -0.15) is 0 Å². The molecule has 5 nitrogen and oxygen atoms in total. The molecule has 146 valence electrons. The first kappa shape index (κ1) is 15.9. The highest BCUT2D eigenvalue weighted by Gasteiger charge is 2.91. The highest BCUT2D eigenvalue weighted by Crippen LogP contribution is 2.88. The predicted octanol–water partition coefficient (Wildman–Crippen LogP) is 1.68. The van der Waals surface area contributed by atoms with Crippen molar-refractivity contribution in [3.8, 4) is 0 Å². The number of rotatable bonds is 1. The van der Waals surface area contributed by atoms with Crippen LogP contribution in [0.25, 0.3) is 0 Å². The van der Waals surface area contributed by atoms with Gasteiger partial charge in [0.2, 0.25) is 0 Å². The molecule has 0 radical (unpaired) electrons. The summed E-state index contributed by atoms with van der Waals surface area (Å²) in [5, 5.41) is 22.2. The summed E-state index contributed by atoms with van der Waals surface area (Å²) in [5.74, 6) is 1.66. The molecular formula is C22H29NO4. The average Bonchev–Trinajstić information content (AvgIpc) is 2.99. The van der Waals surface area contributed by atoms with Crippen LogP contribution in [0.4, 0.5) is 0 Å². The van der Waals surface area contributed by atoms with Crippen molar-refractivity contribution in [2.75, 3.05) is 0 Å². The number of fused-ring (bicyclic) bond motifs is 1. The molecule has 6 aliphatic carbocycles. The Hall–Kier alpha value is -0.910. The molecule has 9 fully saturated rings. The van der Waals surface area contributed by atoms with Crippen LogP contribution in [0.15, 0.2) is 12.2 Å². The fourth-order valence-corrected chi connectivity index (χ4v) is 10.7. The average molecular weight is 371 g/mol. The number of nitrogens with zero attached hydrogens (tertiary/aromatic N) is 1. The molecule has 0 aromatic heterocycles. The first-order valence-corrected chi connectivity index (χ1v) is 10.8. The largest absolute Gasteiger partial charge is 0.457 e. The van der Waals surface area contributed by atoms with E-state index >= 15 is 0 Å². The zero-order valence-corrected chi connectivity index (χ0v) is 16.1. The number of piperidine rings is 2. The third-order valence-corrected chi connectivity index (χ3v) is 10.9. The van der Waals surface area contributed by atoms with Gasteiger partial charge in [-0.25, -0.2) is 0 Å². The zero-order valence-electron chi connectivity index (χ0n) is 16.1. The Morgan fingerprint density at radius 3 is 2.81 bits per heavy atom. The summed E-state index contributed by atoms with van der Waals surface area (Å²) < 4.78 is 5.99. The van der Waals surface area contributed by atoms with Gasteiger partial charge >= 0.3 is 5.97 Å². The van der Waals surface area contributed by atoms with Crippen molar-refractivity contribution in [1.82, 2.24) is 4.90 Å². The summed E-state index contributed by atoms with van der Waals surface area (Å²) in [6.45, 7) is 8.06. The second-order valence-corrected chi connectivity index (χ2v) is 11.1. The molecule has 9 aliphatic rings. The Morgan fingerprint density at radius 1 is 1.30 bits per heavy atom. The molecule has 9 rings (SSSR count). The second kappa shape index (κ2) is 4.17. The minimum atomic E-state index is -0.536. The molecule has 5 heteroatoms. The lowest BCUT2D eigenvalue weighted by Gasteiger charge is -2.65. The van der Waals surface area contributed by atoms with E-state index in [1.54, 1.807) is 0 Å². The van der Waals surface area contributed by atoms with Gasteiger partial charge in [-0.15, -0.1) is 0 Å². The number of esters is 1. The molecule has 3 aliphatic heterocycles. The van der Waals surface area contributed by atoms with Crippen molar-refractivity contribution in [2.45, 2.75) is 76.5 Å². The van der Waals surface area contributed by atoms with Crippen molar-refractivity contribution >= 4 is 5.97 Å². The van der Waals surface area contributed by atoms with Crippen molar-refractivity contribution in [2.24, 2.45) is 39.9 Å². The van der Waals surface area contributed by atoms with Gasteiger partial charge in [0.05, 0.1) is 6.10 Å². The molecule has 2 spiro atoms. The molecule has 9 bridgehead atoms. The SMILES string of the molecule is C=C1[C@@H]2C[C@@H]3[C@]4(C[C@H]5[C@@H]6[C@@]7(C)[C@H](O)CC[C@@]36[C@@H]([C@H]4C2)N5[C@H]7O)[C@@H]1OC(C)=O. The van der Waals surface area contributed by atoms with Gasteiger partial charge in [0.1, 0.15) is 12.3 Å². The zero-order chi connectivity index (χ0) is 18.7. The number of ether oxygens (including phenoxy) is 1. The maximum Gasteiger partial charge on any atom is 0.303 e. The molecule has 2 N–H and O–H groups in total. The van der Waals surface area contributed by atoms with E-state index in [1.807, 2.05) is 0 Å². The van der Waals surface area contributed by atoms with Crippen LogP contribution in [0.1, 0.15) is 46.0 Å². The lowest BCUT2D eigenvalue weighted by atomic mass is 9.40. The number of carbonyl (C=O) groups is 1. The second-order valence-electron chi connectivity index (χ2n) is 11.1. The highest BCUT2D eigenvalue weighted by atomic mass is 16.5. The minimum Gasteiger partial charge on any atom is -0.457 e. The van der Waals surface area contributed by atoms with Gasteiger partial charge < -0.3 is 14.9 Å². The number of carbonyl (C=O) groups excluding carboxylic acids is 1. The van der Waals surface area contributed by atoms with Crippen LogP contribution in [-0.4, -0.2) is 51.6 Å². The molecule has 0 amide bonds. The number of hydrogen-bond acceptors (Lipinski definition) is 5. The van der Waals surface area contributed by atoms with Crippen LogP contribution in [0, 0.1) is 39.9 Å². The Morgan fingerprint density at radius 2 is 2.07 bits per heavy atom. The fourth-order valence-electron chi connectivity index (χ4n) is 10.7. The first-order valence-electron chi connectivity index (χ1n) is 10.8. The standard InChI is InChI=1S/C22H29NO4/c1-9-11-6-12-17-21-5-4-15(25)20(3)16(21)13(23(17)19(20)26)8-22(12,14(21)7-11)18(9)27-10(2)24/h11-19,25-26H,1,4-8H2,2-3H3/t11-,12+,13-,14-,15+,16+,17+,18+,19-,20+,21+,22+/m0/s1. The van der Waals surface area contributed by atoms with Crippen LogP contribution >= 0.6 is 0 Å². The molecular weight excluding hydrogens is 342 g/mol. The molecule has 27 heavy (non-hydrogen) atoms. The third-order valence-electron chi connectivity index (χ3n) is 10.9. The van der Waals surface area contributed by atoms with Gasteiger partial charge in [-0.1, -0.05) is 13.5 Å². The van der Waals surface area contributed by atoms with Crippen LogP contribution in [0.3, 0.4) is 0 Å². The summed E-state index contributed by atoms with van der Waals surface area (Å²) in [5.41, 5.74) is 0.950. The monoisotopic (exact) mass is 371 g/mol. The summed E-state index contributed by atoms with van der Waals surface area (Å²) in [6, 6.07) is 0.718. The number of aliphatic hydroxyl groups is 2. The molecule has 6 saturated carbocycles. The normalized spacial score (nSPS) is 68.7. The maximum atomic E-state index is 12.0. The minimum absolute atomic E-state index is 0.0209. The van der Waals surface area contributed by atoms with Crippen LogP contribution in [-0.2, 0) is 9.53 Å². The lowest BCUT2D eigenvalue weighted by Crippen LogP contribution is -2.65. The van der Waals surface area contributed by atoms with Crippen LogP contribution < -0.4 is 0 Å². The van der Waals surface area contributed by atoms with E-state index in [1.165, 1.54) is 13.3 Å². The van der Waals surface area contributed by atoms with Crippen molar-refractivity contribution in [1.29, 1.82) is 0 Å². The molecule has 13 atom stereocenters. The third kappa shape index (κ3) is 1.23. The summed E-state index contributed by atoms with van der Waals surface area (Å²) in [7, 11) is 0. The van der Waals surface area contributed by atoms with Crippen molar-refractivity contribution in [3.63, 3.8) is 0 Å². The predicted molar refractivity (Wildman–Crippen MR) is 96.1 cm³/mol. The Labute approximate surface area is 159 Å². The van der Waals surface area contributed by atoms with Gasteiger partial charge in [-0.05, 0) is 66.8 Å². The lowest BCUT2D eigenvalue weighted by molar-refractivity contribution is -0.213. The Kier molecular flexibility index (Phi) is 2.46. The van der Waals surface area contributed by atoms with E-state index in [4.69, 9.17) is 4.74 Å². The van der Waals surface area contributed by atoms with Crippen LogP contribution in [0.5, 0.6) is 0 Å². The van der Waals surface area contributed by atoms with E-state index in [9.17, 15) is 15.0 Å². The maximum absolute atomic E-state index is 12.0. The topological polar surface area (TPSA) is 70.0 Å². The van der Waals surface area contributed by atoms with Gasteiger partial charge in [0, 0.05) is 29.8 Å². The van der Waals surface area contributed by atoms with Gasteiger partial charge in [0.15, 0.2) is 0 Å². The van der Waals surface area contributed by atoms with Gasteiger partial charge in [0.25, 0.3) is 0 Å². The Bertz CT molecular complexity index is 812. The molecule has 3 heterocycles. The highest BCUT2D eigenvalue weighted by molar-refractivity contribution is 5.67. The smallest absolute Gasteiger partial charge is 0.303 e. The summed E-state index contributed by atoms with van der Waals surface area (Å²) >= 11 is 0. The van der Waals surface area contributed by atoms with Gasteiger partial charge in [-0.3, -0.25) is 9.69 Å². The first-order chi connectivity index (χ1) is 12.8. The van der Waals surface area contributed by atoms with Crippen LogP contribution in [0.2, 0.25) is 0 Å². The van der Waals surface area contributed by atoms with E-state index in [-0.39, 0.29) is 22.9 Å².